The molecule has 0 N–H and O–H groups in total. The molecule has 2 heterocycles. The highest BCUT2D eigenvalue weighted by molar-refractivity contribution is 9.10. The number of hydrogen-bond acceptors (Lipinski definition) is 5. The van der Waals surface area contributed by atoms with Gasteiger partial charge in [0.2, 0.25) is 5.88 Å². The first-order chi connectivity index (χ1) is 11.5. The van der Waals surface area contributed by atoms with E-state index < -0.39 is 0 Å². The Morgan fingerprint density at radius 2 is 2.04 bits per heavy atom. The number of benzene rings is 1. The van der Waals surface area contributed by atoms with Crippen molar-refractivity contribution < 1.29 is 9.53 Å². The number of carbonyl (C=O) groups is 1. The Labute approximate surface area is 149 Å². The zero-order valence-corrected chi connectivity index (χ0v) is 15.2. The highest BCUT2D eigenvalue weighted by atomic mass is 79.9. The van der Waals surface area contributed by atoms with Gasteiger partial charge in [0, 0.05) is 37.6 Å². The topological polar surface area (TPSA) is 58.6 Å². The Kier molecular flexibility index (Phi) is 4.99. The monoisotopic (exact) mass is 390 g/mol. The molecule has 0 spiro atoms. The minimum absolute atomic E-state index is 0.0163. The molecule has 1 atom stereocenters. The van der Waals surface area contributed by atoms with Crippen LogP contribution in [-0.4, -0.2) is 54.3 Å². The summed E-state index contributed by atoms with van der Waals surface area (Å²) in [6, 6.07) is 11.1. The van der Waals surface area contributed by atoms with E-state index >= 15 is 0 Å². The molecule has 0 radical (unpaired) electrons. The molecule has 0 bridgehead atoms. The Bertz CT molecular complexity index is 721. The van der Waals surface area contributed by atoms with Crippen LogP contribution in [0, 0.1) is 0 Å². The van der Waals surface area contributed by atoms with Crippen LogP contribution >= 0.6 is 15.9 Å². The van der Waals surface area contributed by atoms with Crippen LogP contribution in [0.25, 0.3) is 0 Å². The molecule has 1 fully saturated rings. The standard InChI is InChI=1S/C17H19BrN4O2/c1-21(2)15-7-8-16(20-19-15)24-12-9-10-22(11-12)17(23)13-5-3-4-6-14(13)18/h3-8,12H,9-11H2,1-2H3. The average Bonchev–Trinajstić information content (AvgIpc) is 3.04. The fourth-order valence-corrected chi connectivity index (χ4v) is 3.05. The molecular formula is C17H19BrN4O2. The summed E-state index contributed by atoms with van der Waals surface area (Å²) in [4.78, 5) is 16.3. The van der Waals surface area contributed by atoms with E-state index in [1.165, 1.54) is 0 Å². The first-order valence-corrected chi connectivity index (χ1v) is 8.55. The summed E-state index contributed by atoms with van der Waals surface area (Å²) in [6.45, 7) is 1.23. The lowest BCUT2D eigenvalue weighted by Gasteiger charge is -2.18. The quantitative estimate of drug-likeness (QED) is 0.802. The van der Waals surface area contributed by atoms with Gasteiger partial charge in [0.25, 0.3) is 5.91 Å². The van der Waals surface area contributed by atoms with Crippen LogP contribution < -0.4 is 9.64 Å². The number of amides is 1. The number of nitrogens with zero attached hydrogens (tertiary/aromatic N) is 4. The van der Waals surface area contributed by atoms with Crippen molar-refractivity contribution >= 4 is 27.7 Å². The van der Waals surface area contributed by atoms with Gasteiger partial charge in [0.1, 0.15) is 6.10 Å². The summed E-state index contributed by atoms with van der Waals surface area (Å²) < 4.78 is 6.67. The van der Waals surface area contributed by atoms with Crippen LogP contribution in [0.3, 0.4) is 0 Å². The van der Waals surface area contributed by atoms with Gasteiger partial charge in [-0.1, -0.05) is 12.1 Å². The number of aromatic nitrogens is 2. The first kappa shape index (κ1) is 16.7. The summed E-state index contributed by atoms with van der Waals surface area (Å²) in [5.41, 5.74) is 0.674. The van der Waals surface area contributed by atoms with Crippen LogP contribution in [0.2, 0.25) is 0 Å². The van der Waals surface area contributed by atoms with Crippen LogP contribution in [0.5, 0.6) is 5.88 Å². The molecular weight excluding hydrogens is 372 g/mol. The summed E-state index contributed by atoms with van der Waals surface area (Å²) >= 11 is 3.43. The largest absolute Gasteiger partial charge is 0.471 e. The lowest BCUT2D eigenvalue weighted by molar-refractivity contribution is 0.0770. The number of carbonyl (C=O) groups excluding carboxylic acids is 1. The highest BCUT2D eigenvalue weighted by Gasteiger charge is 2.29. The smallest absolute Gasteiger partial charge is 0.255 e. The molecule has 1 amide bonds. The zero-order valence-electron chi connectivity index (χ0n) is 13.6. The van der Waals surface area contributed by atoms with Gasteiger partial charge in [-0.2, -0.15) is 0 Å². The zero-order chi connectivity index (χ0) is 17.1. The second kappa shape index (κ2) is 7.17. The highest BCUT2D eigenvalue weighted by Crippen LogP contribution is 2.22. The molecule has 3 rings (SSSR count). The van der Waals surface area contributed by atoms with E-state index in [0.29, 0.717) is 24.5 Å². The van der Waals surface area contributed by atoms with Gasteiger partial charge in [-0.25, -0.2) is 0 Å². The predicted octanol–water partition coefficient (Wildman–Crippen LogP) is 2.60. The van der Waals surface area contributed by atoms with E-state index in [0.717, 1.165) is 16.7 Å². The van der Waals surface area contributed by atoms with Crippen molar-refractivity contribution in [3.8, 4) is 5.88 Å². The van der Waals surface area contributed by atoms with E-state index in [2.05, 4.69) is 26.1 Å². The number of hydrogen-bond donors (Lipinski definition) is 0. The maximum atomic E-state index is 12.6. The molecule has 24 heavy (non-hydrogen) atoms. The molecule has 1 aromatic heterocycles. The van der Waals surface area contributed by atoms with Gasteiger partial charge in [-0.3, -0.25) is 4.79 Å². The SMILES string of the molecule is CN(C)c1ccc(OC2CCN(C(=O)c3ccccc3Br)C2)nn1. The molecule has 6 nitrogen and oxygen atoms in total. The second-order valence-corrected chi connectivity index (χ2v) is 6.74. The molecule has 1 unspecified atom stereocenters. The average molecular weight is 391 g/mol. The van der Waals surface area contributed by atoms with Crippen LogP contribution in [-0.2, 0) is 0 Å². The van der Waals surface area contributed by atoms with E-state index in [1.54, 1.807) is 6.07 Å². The van der Waals surface area contributed by atoms with Gasteiger partial charge in [-0.15, -0.1) is 10.2 Å². The molecule has 0 aliphatic carbocycles. The number of halogens is 1. The van der Waals surface area contributed by atoms with Crippen molar-refractivity contribution in [2.24, 2.45) is 0 Å². The Balaban J connectivity index is 1.61. The number of ether oxygens (including phenoxy) is 1. The normalized spacial score (nSPS) is 17.0. The van der Waals surface area contributed by atoms with E-state index in [1.807, 2.05) is 54.2 Å². The molecule has 1 aromatic carbocycles. The van der Waals surface area contributed by atoms with Gasteiger partial charge in [-0.05, 0) is 34.1 Å². The summed E-state index contributed by atoms with van der Waals surface area (Å²) in [6.07, 6.45) is 0.726. The fraction of sp³-hybridized carbons (Fsp3) is 0.353. The fourth-order valence-electron chi connectivity index (χ4n) is 2.60. The van der Waals surface area contributed by atoms with Crippen LogP contribution in [0.15, 0.2) is 40.9 Å². The third-order valence-electron chi connectivity index (χ3n) is 3.91. The predicted molar refractivity (Wildman–Crippen MR) is 95.4 cm³/mol. The second-order valence-electron chi connectivity index (χ2n) is 5.88. The summed E-state index contributed by atoms with van der Waals surface area (Å²) in [5.74, 6) is 1.28. The lowest BCUT2D eigenvalue weighted by Crippen LogP contribution is -2.31. The summed E-state index contributed by atoms with van der Waals surface area (Å²) in [7, 11) is 3.82. The maximum Gasteiger partial charge on any atom is 0.255 e. The molecule has 0 saturated carbocycles. The van der Waals surface area contributed by atoms with Crippen LogP contribution in [0.1, 0.15) is 16.8 Å². The van der Waals surface area contributed by atoms with Crippen molar-refractivity contribution in [1.29, 1.82) is 0 Å². The van der Waals surface area contributed by atoms with Gasteiger partial charge >= 0.3 is 0 Å². The van der Waals surface area contributed by atoms with E-state index in [4.69, 9.17) is 4.74 Å². The molecule has 1 saturated heterocycles. The molecule has 1 aliphatic heterocycles. The van der Waals surface area contributed by atoms with Gasteiger partial charge in [0.15, 0.2) is 5.82 Å². The van der Waals surface area contributed by atoms with Crippen molar-refractivity contribution in [3.05, 3.63) is 46.4 Å². The van der Waals surface area contributed by atoms with Crippen molar-refractivity contribution in [1.82, 2.24) is 15.1 Å². The minimum atomic E-state index is -0.0593. The first-order valence-electron chi connectivity index (χ1n) is 7.76. The van der Waals surface area contributed by atoms with Gasteiger partial charge in [0.05, 0.1) is 12.1 Å². The van der Waals surface area contributed by atoms with E-state index in [-0.39, 0.29) is 12.0 Å². The number of rotatable bonds is 4. The Morgan fingerprint density at radius 1 is 1.25 bits per heavy atom. The minimum Gasteiger partial charge on any atom is -0.471 e. The van der Waals surface area contributed by atoms with Gasteiger partial charge < -0.3 is 14.5 Å². The molecule has 126 valence electrons. The molecule has 2 aromatic rings. The lowest BCUT2D eigenvalue weighted by atomic mass is 10.2. The molecule has 7 heteroatoms. The van der Waals surface area contributed by atoms with Crippen LogP contribution in [0.4, 0.5) is 5.82 Å². The Morgan fingerprint density at radius 3 is 2.71 bits per heavy atom. The van der Waals surface area contributed by atoms with Crippen molar-refractivity contribution in [2.45, 2.75) is 12.5 Å². The number of likely N-dealkylation sites (tertiary alicyclic amines) is 1. The Hall–Kier alpha value is -2.15. The summed E-state index contributed by atoms with van der Waals surface area (Å²) in [5, 5.41) is 8.18. The maximum absolute atomic E-state index is 12.6. The number of anilines is 1. The van der Waals surface area contributed by atoms with Crippen molar-refractivity contribution in [3.63, 3.8) is 0 Å². The third kappa shape index (κ3) is 3.67. The third-order valence-corrected chi connectivity index (χ3v) is 4.60. The van der Waals surface area contributed by atoms with E-state index in [9.17, 15) is 4.79 Å². The molecule has 1 aliphatic rings. The van der Waals surface area contributed by atoms with Crippen molar-refractivity contribution in [2.75, 3.05) is 32.1 Å².